The van der Waals surface area contributed by atoms with Crippen molar-refractivity contribution in [1.29, 1.82) is 0 Å². The van der Waals surface area contributed by atoms with Crippen molar-refractivity contribution < 1.29 is 14.3 Å². The highest BCUT2D eigenvalue weighted by Crippen LogP contribution is 2.35. The maximum atomic E-state index is 13.1. The van der Waals surface area contributed by atoms with E-state index in [-0.39, 0.29) is 18.1 Å². The summed E-state index contributed by atoms with van der Waals surface area (Å²) in [5.74, 6) is 1.64. The number of amides is 1. The maximum Gasteiger partial charge on any atom is 0.254 e. The molecule has 1 fully saturated rings. The molecule has 1 amide bonds. The van der Waals surface area contributed by atoms with Gasteiger partial charge in [0.2, 0.25) is 6.79 Å². The summed E-state index contributed by atoms with van der Waals surface area (Å²) in [7, 11) is 0. The maximum absolute atomic E-state index is 13.1. The predicted octanol–water partition coefficient (Wildman–Crippen LogP) is 4.52. The molecular formula is C22H25NO3. The number of ether oxygens (including phenoxy) is 2. The van der Waals surface area contributed by atoms with E-state index >= 15 is 0 Å². The zero-order valence-electron chi connectivity index (χ0n) is 15.6. The molecule has 2 aromatic rings. The fourth-order valence-corrected chi connectivity index (χ4v) is 3.27. The minimum atomic E-state index is 0.0875. The first kappa shape index (κ1) is 17.0. The van der Waals surface area contributed by atoms with Crippen molar-refractivity contribution in [1.82, 2.24) is 4.90 Å². The van der Waals surface area contributed by atoms with Crippen LogP contribution in [0, 0.1) is 0 Å². The number of fused-ring (bicyclic) bond motifs is 1. The summed E-state index contributed by atoms with van der Waals surface area (Å²) in [6, 6.07) is 14.3. The van der Waals surface area contributed by atoms with Crippen LogP contribution < -0.4 is 9.47 Å². The molecule has 26 heavy (non-hydrogen) atoms. The normalized spacial score (nSPS) is 15.8. The monoisotopic (exact) mass is 351 g/mol. The van der Waals surface area contributed by atoms with Crippen molar-refractivity contribution in [2.75, 3.05) is 6.79 Å². The van der Waals surface area contributed by atoms with Gasteiger partial charge in [0.15, 0.2) is 11.5 Å². The van der Waals surface area contributed by atoms with Crippen LogP contribution in [-0.4, -0.2) is 23.6 Å². The Kier molecular flexibility index (Phi) is 4.14. The van der Waals surface area contributed by atoms with Gasteiger partial charge in [-0.1, -0.05) is 39.0 Å². The Bertz CT molecular complexity index is 816. The number of carbonyl (C=O) groups is 1. The van der Waals surface area contributed by atoms with Gasteiger partial charge in [0.05, 0.1) is 0 Å². The highest BCUT2D eigenvalue weighted by molar-refractivity contribution is 5.94. The molecular weight excluding hydrogens is 326 g/mol. The molecule has 0 aromatic heterocycles. The SMILES string of the molecule is CC(C)(C)c1ccc(C(=O)N(Cc2ccc3c(c2)OCO3)C2CC2)cc1. The van der Waals surface area contributed by atoms with Crippen molar-refractivity contribution in [3.05, 3.63) is 59.2 Å². The molecule has 1 aliphatic carbocycles. The average molecular weight is 351 g/mol. The summed E-state index contributed by atoms with van der Waals surface area (Å²) in [5.41, 5.74) is 3.15. The molecule has 4 heteroatoms. The van der Waals surface area contributed by atoms with Crippen LogP contribution in [-0.2, 0) is 12.0 Å². The van der Waals surface area contributed by atoms with E-state index in [1.165, 1.54) is 5.56 Å². The standard InChI is InChI=1S/C22H25NO3/c1-22(2,3)17-7-5-16(6-8-17)21(24)23(18-9-10-18)13-15-4-11-19-20(12-15)26-14-25-19/h4-8,11-12,18H,9-10,13-14H2,1-3H3. The number of carbonyl (C=O) groups excluding carboxylic acids is 1. The van der Waals surface area contributed by atoms with Crippen LogP contribution in [0.5, 0.6) is 11.5 Å². The molecule has 0 spiro atoms. The van der Waals surface area contributed by atoms with Gasteiger partial charge in [-0.2, -0.15) is 0 Å². The smallest absolute Gasteiger partial charge is 0.254 e. The van der Waals surface area contributed by atoms with Gasteiger partial charge in [-0.15, -0.1) is 0 Å². The van der Waals surface area contributed by atoms with Crippen LogP contribution in [0.2, 0.25) is 0 Å². The number of nitrogens with zero attached hydrogens (tertiary/aromatic N) is 1. The van der Waals surface area contributed by atoms with Crippen molar-refractivity contribution in [2.45, 2.75) is 51.6 Å². The van der Waals surface area contributed by atoms with Gasteiger partial charge < -0.3 is 14.4 Å². The molecule has 0 N–H and O–H groups in total. The molecule has 2 aromatic carbocycles. The van der Waals surface area contributed by atoms with Crippen LogP contribution in [0.15, 0.2) is 42.5 Å². The van der Waals surface area contributed by atoms with E-state index in [9.17, 15) is 4.79 Å². The second-order valence-electron chi connectivity index (χ2n) is 8.18. The van der Waals surface area contributed by atoms with Crippen molar-refractivity contribution in [3.63, 3.8) is 0 Å². The Labute approximate surface area is 154 Å². The van der Waals surface area contributed by atoms with Gasteiger partial charge in [-0.05, 0) is 53.6 Å². The van der Waals surface area contributed by atoms with E-state index in [1.54, 1.807) is 0 Å². The third-order valence-electron chi connectivity index (χ3n) is 5.04. The van der Waals surface area contributed by atoms with Gasteiger partial charge in [-0.25, -0.2) is 0 Å². The Balaban J connectivity index is 1.54. The predicted molar refractivity (Wildman–Crippen MR) is 101 cm³/mol. The first-order chi connectivity index (χ1) is 12.4. The third kappa shape index (κ3) is 3.41. The fourth-order valence-electron chi connectivity index (χ4n) is 3.27. The summed E-state index contributed by atoms with van der Waals surface area (Å²) in [6.07, 6.45) is 2.16. The van der Waals surface area contributed by atoms with Gasteiger partial charge in [0, 0.05) is 18.2 Å². The van der Waals surface area contributed by atoms with E-state index in [2.05, 4.69) is 32.9 Å². The van der Waals surface area contributed by atoms with Crippen LogP contribution in [0.4, 0.5) is 0 Å². The topological polar surface area (TPSA) is 38.8 Å². The summed E-state index contributed by atoms with van der Waals surface area (Å²) in [6.45, 7) is 7.41. The van der Waals surface area contributed by atoms with E-state index in [0.29, 0.717) is 12.6 Å². The second kappa shape index (κ2) is 6.35. The number of hydrogen-bond acceptors (Lipinski definition) is 3. The number of hydrogen-bond donors (Lipinski definition) is 0. The lowest BCUT2D eigenvalue weighted by molar-refractivity contribution is 0.0729. The molecule has 0 unspecified atom stereocenters. The van der Waals surface area contributed by atoms with Crippen LogP contribution in [0.3, 0.4) is 0 Å². The second-order valence-corrected chi connectivity index (χ2v) is 8.18. The molecule has 0 saturated heterocycles. The van der Waals surface area contributed by atoms with Crippen molar-refractivity contribution in [2.24, 2.45) is 0 Å². The zero-order valence-corrected chi connectivity index (χ0v) is 15.6. The Morgan fingerprint density at radius 3 is 2.38 bits per heavy atom. The lowest BCUT2D eigenvalue weighted by atomic mass is 9.86. The van der Waals surface area contributed by atoms with Gasteiger partial charge in [0.25, 0.3) is 5.91 Å². The largest absolute Gasteiger partial charge is 0.454 e. The van der Waals surface area contributed by atoms with Crippen molar-refractivity contribution >= 4 is 5.91 Å². The highest BCUT2D eigenvalue weighted by atomic mass is 16.7. The summed E-state index contributed by atoms with van der Waals surface area (Å²) >= 11 is 0. The molecule has 1 heterocycles. The van der Waals surface area contributed by atoms with Gasteiger partial charge >= 0.3 is 0 Å². The van der Waals surface area contributed by atoms with Crippen molar-refractivity contribution in [3.8, 4) is 11.5 Å². The average Bonchev–Trinajstić information content (AvgIpc) is 3.35. The quantitative estimate of drug-likeness (QED) is 0.813. The molecule has 4 rings (SSSR count). The van der Waals surface area contributed by atoms with Gasteiger partial charge in [-0.3, -0.25) is 4.79 Å². The molecule has 1 saturated carbocycles. The molecule has 0 bridgehead atoms. The van der Waals surface area contributed by atoms with Gasteiger partial charge in [0.1, 0.15) is 0 Å². The van der Waals surface area contributed by atoms with E-state index in [0.717, 1.165) is 35.5 Å². The molecule has 1 aliphatic heterocycles. The fraction of sp³-hybridized carbons (Fsp3) is 0.409. The Morgan fingerprint density at radius 1 is 1.04 bits per heavy atom. The molecule has 4 nitrogen and oxygen atoms in total. The third-order valence-corrected chi connectivity index (χ3v) is 5.04. The van der Waals surface area contributed by atoms with Crippen LogP contribution >= 0.6 is 0 Å². The molecule has 136 valence electrons. The lowest BCUT2D eigenvalue weighted by Gasteiger charge is -2.24. The Hall–Kier alpha value is -2.49. The number of rotatable bonds is 4. The van der Waals surface area contributed by atoms with E-state index < -0.39 is 0 Å². The summed E-state index contributed by atoms with van der Waals surface area (Å²) in [5, 5.41) is 0. The number of benzene rings is 2. The first-order valence-electron chi connectivity index (χ1n) is 9.22. The first-order valence-corrected chi connectivity index (χ1v) is 9.22. The van der Waals surface area contributed by atoms with Crippen LogP contribution in [0.1, 0.15) is 55.1 Å². The lowest BCUT2D eigenvalue weighted by Crippen LogP contribution is -2.32. The van der Waals surface area contributed by atoms with E-state index in [1.807, 2.05) is 35.2 Å². The van der Waals surface area contributed by atoms with E-state index in [4.69, 9.17) is 9.47 Å². The molecule has 0 radical (unpaired) electrons. The highest BCUT2D eigenvalue weighted by Gasteiger charge is 2.33. The zero-order chi connectivity index (χ0) is 18.3. The summed E-state index contributed by atoms with van der Waals surface area (Å²) in [4.78, 5) is 15.1. The minimum absolute atomic E-state index is 0.0875. The Morgan fingerprint density at radius 2 is 1.73 bits per heavy atom. The molecule has 2 aliphatic rings. The minimum Gasteiger partial charge on any atom is -0.454 e. The van der Waals surface area contributed by atoms with Crippen LogP contribution in [0.25, 0.3) is 0 Å². The molecule has 0 atom stereocenters. The summed E-state index contributed by atoms with van der Waals surface area (Å²) < 4.78 is 10.8.